The molecule has 1 unspecified atom stereocenters. The number of H-pyrrole nitrogens is 1. The Morgan fingerprint density at radius 1 is 1.28 bits per heavy atom. The predicted octanol–water partition coefficient (Wildman–Crippen LogP) is 1.40. The second-order valence-corrected chi connectivity index (χ2v) is 8.85. The van der Waals surface area contributed by atoms with Gasteiger partial charge in [-0.3, -0.25) is 9.59 Å². The van der Waals surface area contributed by atoms with E-state index in [1.165, 1.54) is 0 Å². The summed E-state index contributed by atoms with van der Waals surface area (Å²) in [6.07, 6.45) is 2.04. The number of benzene rings is 1. The molecule has 0 aliphatic carbocycles. The first-order valence-corrected chi connectivity index (χ1v) is 10.3. The van der Waals surface area contributed by atoms with Gasteiger partial charge < -0.3 is 10.3 Å². The Kier molecular flexibility index (Phi) is 5.22. The highest BCUT2D eigenvalue weighted by Gasteiger charge is 2.27. The number of carbonyl (C=O) groups is 1. The molecule has 1 atom stereocenters. The van der Waals surface area contributed by atoms with Crippen LogP contribution in [0, 0.1) is 5.92 Å². The number of pyridine rings is 1. The molecule has 1 amide bonds. The molecule has 1 aliphatic heterocycles. The molecule has 1 aromatic carbocycles. The quantitative estimate of drug-likeness (QED) is 0.812. The molecular formula is C18H22N2O4S. The molecule has 1 aliphatic rings. The number of rotatable bonds is 6. The summed E-state index contributed by atoms with van der Waals surface area (Å²) in [7, 11) is -2.89. The average Bonchev–Trinajstić information content (AvgIpc) is 2.92. The summed E-state index contributed by atoms with van der Waals surface area (Å²) in [5.41, 5.74) is 1.30. The second kappa shape index (κ2) is 7.39. The average molecular weight is 362 g/mol. The van der Waals surface area contributed by atoms with Crippen molar-refractivity contribution in [1.82, 2.24) is 10.3 Å². The van der Waals surface area contributed by atoms with Gasteiger partial charge in [-0.1, -0.05) is 18.2 Å². The van der Waals surface area contributed by atoms with Crippen LogP contribution in [0.15, 0.2) is 35.1 Å². The van der Waals surface area contributed by atoms with E-state index < -0.39 is 9.84 Å². The summed E-state index contributed by atoms with van der Waals surface area (Å²) in [5.74, 6) is 0.442. The van der Waals surface area contributed by atoms with Gasteiger partial charge in [0.2, 0.25) is 5.91 Å². The van der Waals surface area contributed by atoms with E-state index in [4.69, 9.17) is 0 Å². The number of aromatic amines is 1. The van der Waals surface area contributed by atoms with Crippen molar-refractivity contribution in [2.24, 2.45) is 5.92 Å². The van der Waals surface area contributed by atoms with Crippen molar-refractivity contribution in [2.45, 2.75) is 25.7 Å². The molecule has 0 radical (unpaired) electrons. The van der Waals surface area contributed by atoms with Crippen LogP contribution >= 0.6 is 0 Å². The molecular weight excluding hydrogens is 340 g/mol. The third kappa shape index (κ3) is 4.69. The molecule has 1 saturated heterocycles. The van der Waals surface area contributed by atoms with Gasteiger partial charge in [0.25, 0.3) is 5.56 Å². The largest absolute Gasteiger partial charge is 0.356 e. The number of fused-ring (bicyclic) bond motifs is 1. The van der Waals surface area contributed by atoms with Gasteiger partial charge in [0.1, 0.15) is 0 Å². The Hall–Kier alpha value is -2.15. The van der Waals surface area contributed by atoms with E-state index in [-0.39, 0.29) is 28.9 Å². The lowest BCUT2D eigenvalue weighted by Crippen LogP contribution is -2.27. The summed E-state index contributed by atoms with van der Waals surface area (Å²) >= 11 is 0. The topological polar surface area (TPSA) is 96.1 Å². The van der Waals surface area contributed by atoms with Crippen LogP contribution in [-0.4, -0.2) is 37.4 Å². The van der Waals surface area contributed by atoms with Crippen molar-refractivity contribution in [3.63, 3.8) is 0 Å². The smallest absolute Gasteiger partial charge is 0.251 e. The van der Waals surface area contributed by atoms with Crippen LogP contribution < -0.4 is 10.9 Å². The first-order chi connectivity index (χ1) is 11.9. The van der Waals surface area contributed by atoms with Gasteiger partial charge in [-0.05, 0) is 42.7 Å². The van der Waals surface area contributed by atoms with Crippen LogP contribution in [0.3, 0.4) is 0 Å². The van der Waals surface area contributed by atoms with Crippen LogP contribution in [0.25, 0.3) is 10.9 Å². The van der Waals surface area contributed by atoms with Crippen LogP contribution in [0.2, 0.25) is 0 Å². The third-order valence-electron chi connectivity index (χ3n) is 4.65. The van der Waals surface area contributed by atoms with Gasteiger partial charge in [0, 0.05) is 24.0 Å². The van der Waals surface area contributed by atoms with Crippen molar-refractivity contribution in [3.05, 3.63) is 46.2 Å². The maximum absolute atomic E-state index is 12.0. The molecule has 0 saturated carbocycles. The molecule has 6 nitrogen and oxygen atoms in total. The summed E-state index contributed by atoms with van der Waals surface area (Å²) in [4.78, 5) is 26.8. The first-order valence-electron chi connectivity index (χ1n) is 8.51. The number of hydrogen-bond acceptors (Lipinski definition) is 4. The maximum atomic E-state index is 12.0. The molecule has 2 heterocycles. The van der Waals surface area contributed by atoms with Gasteiger partial charge in [-0.2, -0.15) is 0 Å². The van der Waals surface area contributed by atoms with E-state index >= 15 is 0 Å². The Morgan fingerprint density at radius 3 is 2.84 bits per heavy atom. The molecule has 25 heavy (non-hydrogen) atoms. The van der Waals surface area contributed by atoms with E-state index in [1.807, 2.05) is 30.3 Å². The minimum absolute atomic E-state index is 0.0958. The zero-order chi connectivity index (χ0) is 17.9. The molecule has 0 bridgehead atoms. The van der Waals surface area contributed by atoms with Crippen molar-refractivity contribution >= 4 is 26.6 Å². The highest BCUT2D eigenvalue weighted by atomic mass is 32.2. The maximum Gasteiger partial charge on any atom is 0.251 e. The van der Waals surface area contributed by atoms with Crippen molar-refractivity contribution in [3.8, 4) is 0 Å². The molecule has 1 aromatic heterocycles. The summed E-state index contributed by atoms with van der Waals surface area (Å²) in [6.45, 7) is 0.392. The number of hydrogen-bond donors (Lipinski definition) is 2. The fourth-order valence-electron chi connectivity index (χ4n) is 3.24. The van der Waals surface area contributed by atoms with Gasteiger partial charge in [-0.25, -0.2) is 8.42 Å². The third-order valence-corrected chi connectivity index (χ3v) is 6.49. The number of carbonyl (C=O) groups excluding carboxylic acids is 1. The molecule has 1 fully saturated rings. The number of sulfone groups is 1. The highest BCUT2D eigenvalue weighted by molar-refractivity contribution is 7.91. The van der Waals surface area contributed by atoms with Crippen molar-refractivity contribution < 1.29 is 13.2 Å². The zero-order valence-electron chi connectivity index (χ0n) is 14.0. The first kappa shape index (κ1) is 17.7. The standard InChI is InChI=1S/C18H22N2O4S/c21-17(6-5-13-8-10-25(23,24)12-13)19-9-7-15-11-14-3-1-2-4-16(14)20-18(15)22/h1-4,11,13H,5-10,12H2,(H,19,21)(H,20,22). The lowest BCUT2D eigenvalue weighted by Gasteiger charge is -2.08. The molecule has 134 valence electrons. The Morgan fingerprint density at radius 2 is 2.08 bits per heavy atom. The SMILES string of the molecule is O=C(CCC1CCS(=O)(=O)C1)NCCc1cc2ccccc2[nH]c1=O. The predicted molar refractivity (Wildman–Crippen MR) is 97.3 cm³/mol. The van der Waals surface area contributed by atoms with Crippen molar-refractivity contribution in [1.29, 1.82) is 0 Å². The fraction of sp³-hybridized carbons (Fsp3) is 0.444. The molecule has 0 spiro atoms. The highest BCUT2D eigenvalue weighted by Crippen LogP contribution is 2.22. The van der Waals surface area contributed by atoms with Gasteiger partial charge in [0.15, 0.2) is 9.84 Å². The van der Waals surface area contributed by atoms with Crippen LogP contribution in [0.4, 0.5) is 0 Å². The Balaban J connectivity index is 1.47. The summed E-state index contributed by atoms with van der Waals surface area (Å²) < 4.78 is 22.8. The van der Waals surface area contributed by atoms with Crippen LogP contribution in [-0.2, 0) is 21.1 Å². The molecule has 2 N–H and O–H groups in total. The molecule has 2 aromatic rings. The van der Waals surface area contributed by atoms with E-state index in [0.29, 0.717) is 37.8 Å². The monoisotopic (exact) mass is 362 g/mol. The lowest BCUT2D eigenvalue weighted by atomic mass is 10.0. The van der Waals surface area contributed by atoms with E-state index in [2.05, 4.69) is 10.3 Å². The van der Waals surface area contributed by atoms with Crippen LogP contribution in [0.1, 0.15) is 24.8 Å². The Labute approximate surface area is 146 Å². The van der Waals surface area contributed by atoms with E-state index in [9.17, 15) is 18.0 Å². The van der Waals surface area contributed by atoms with Gasteiger partial charge in [-0.15, -0.1) is 0 Å². The number of nitrogens with one attached hydrogen (secondary N) is 2. The van der Waals surface area contributed by atoms with Crippen molar-refractivity contribution in [2.75, 3.05) is 18.1 Å². The number of para-hydroxylation sites is 1. The van der Waals surface area contributed by atoms with Gasteiger partial charge >= 0.3 is 0 Å². The number of aromatic nitrogens is 1. The Bertz CT molecular complexity index is 933. The fourth-order valence-corrected chi connectivity index (χ4v) is 5.15. The minimum Gasteiger partial charge on any atom is -0.356 e. The summed E-state index contributed by atoms with van der Waals surface area (Å²) in [5, 5.41) is 3.77. The normalized spacial score (nSPS) is 19.1. The second-order valence-electron chi connectivity index (χ2n) is 6.62. The molecule has 3 rings (SSSR count). The number of amides is 1. The lowest BCUT2D eigenvalue weighted by molar-refractivity contribution is -0.121. The molecule has 7 heteroatoms. The van der Waals surface area contributed by atoms with E-state index in [0.717, 1.165) is 10.9 Å². The van der Waals surface area contributed by atoms with Crippen LogP contribution in [0.5, 0.6) is 0 Å². The van der Waals surface area contributed by atoms with Gasteiger partial charge in [0.05, 0.1) is 11.5 Å². The minimum atomic E-state index is -2.89. The van der Waals surface area contributed by atoms with E-state index in [1.54, 1.807) is 0 Å². The zero-order valence-corrected chi connectivity index (χ0v) is 14.8. The summed E-state index contributed by atoms with van der Waals surface area (Å²) in [6, 6.07) is 9.42.